The van der Waals surface area contributed by atoms with E-state index in [0.29, 0.717) is 6.29 Å². The number of ether oxygens (including phenoxy) is 1. The van der Waals surface area contributed by atoms with Gasteiger partial charge in [-0.05, 0) is 0 Å². The maximum Gasteiger partial charge on any atom is 0.254 e. The predicted molar refractivity (Wildman–Crippen MR) is 33.4 cm³/mol. The molecule has 1 aliphatic rings. The lowest BCUT2D eigenvalue weighted by Gasteiger charge is -2.05. The van der Waals surface area contributed by atoms with Gasteiger partial charge in [-0.25, -0.2) is 0 Å². The van der Waals surface area contributed by atoms with E-state index in [0.717, 1.165) is 0 Å². The molecule has 0 saturated carbocycles. The topological polar surface area (TPSA) is 49.9 Å². The highest BCUT2D eigenvalue weighted by Gasteiger charge is 2.45. The summed E-state index contributed by atoms with van der Waals surface area (Å²) >= 11 is 0. The molecule has 4 nitrogen and oxygen atoms in total. The average molecular weight is 143 g/mol. The first kappa shape index (κ1) is 7.21. The van der Waals surface area contributed by atoms with E-state index in [9.17, 15) is 9.59 Å². The van der Waals surface area contributed by atoms with Gasteiger partial charge in [-0.15, -0.1) is 0 Å². The molecule has 0 unspecified atom stereocenters. The van der Waals surface area contributed by atoms with Gasteiger partial charge < -0.3 is 14.4 Å². The molecule has 0 aromatic heterocycles. The van der Waals surface area contributed by atoms with Crippen molar-refractivity contribution in [1.82, 2.24) is 4.90 Å². The van der Waals surface area contributed by atoms with Gasteiger partial charge in [0.15, 0.2) is 12.4 Å². The molecule has 0 aliphatic carbocycles. The number of carbonyl (C=O) groups excluding carboxylic acids is 2. The van der Waals surface area contributed by atoms with Crippen LogP contribution in [0.4, 0.5) is 0 Å². The third-order valence-corrected chi connectivity index (χ3v) is 1.34. The van der Waals surface area contributed by atoms with Crippen LogP contribution in [0.5, 0.6) is 0 Å². The van der Waals surface area contributed by atoms with Gasteiger partial charge in [0.25, 0.3) is 5.91 Å². The van der Waals surface area contributed by atoms with Crippen LogP contribution in [0, 0.1) is 0 Å². The molecule has 0 radical (unpaired) electrons. The zero-order valence-corrected chi connectivity index (χ0v) is 5.90. The molecule has 0 aromatic carbocycles. The number of aldehydes is 1. The maximum absolute atomic E-state index is 10.9. The van der Waals surface area contributed by atoms with Crippen LogP contribution in [0.3, 0.4) is 0 Å². The summed E-state index contributed by atoms with van der Waals surface area (Å²) in [6.45, 7) is 0. The van der Waals surface area contributed by atoms with Crippen molar-refractivity contribution in [2.45, 2.75) is 12.2 Å². The van der Waals surface area contributed by atoms with E-state index in [1.807, 2.05) is 0 Å². The quantitative estimate of drug-likeness (QED) is 0.369. The van der Waals surface area contributed by atoms with Gasteiger partial charge >= 0.3 is 0 Å². The van der Waals surface area contributed by atoms with Crippen molar-refractivity contribution in [3.63, 3.8) is 0 Å². The molecule has 0 spiro atoms. The largest absolute Gasteiger partial charge is 0.351 e. The highest BCUT2D eigenvalue weighted by atomic mass is 16.6. The van der Waals surface area contributed by atoms with Crippen LogP contribution >= 0.6 is 0 Å². The molecule has 1 heterocycles. The van der Waals surface area contributed by atoms with Crippen molar-refractivity contribution in [3.8, 4) is 0 Å². The summed E-state index contributed by atoms with van der Waals surface area (Å²) in [5.74, 6) is -0.142. The number of carbonyl (C=O) groups is 2. The second-order valence-electron chi connectivity index (χ2n) is 2.39. The van der Waals surface area contributed by atoms with Crippen LogP contribution in [0.15, 0.2) is 0 Å². The van der Waals surface area contributed by atoms with Crippen molar-refractivity contribution in [1.29, 1.82) is 0 Å². The second kappa shape index (κ2) is 2.38. The van der Waals surface area contributed by atoms with Crippen molar-refractivity contribution in [3.05, 3.63) is 0 Å². The minimum absolute atomic E-state index is 0.142. The summed E-state index contributed by atoms with van der Waals surface area (Å²) in [5.41, 5.74) is 0. The van der Waals surface area contributed by atoms with E-state index in [2.05, 4.69) is 0 Å². The lowest BCUT2D eigenvalue weighted by molar-refractivity contribution is -0.130. The monoisotopic (exact) mass is 143 g/mol. The van der Waals surface area contributed by atoms with Gasteiger partial charge in [-0.3, -0.25) is 4.79 Å². The fraction of sp³-hybridized carbons (Fsp3) is 0.667. The highest BCUT2D eigenvalue weighted by molar-refractivity contribution is 5.88. The second-order valence-corrected chi connectivity index (χ2v) is 2.39. The summed E-state index contributed by atoms with van der Waals surface area (Å²) in [6, 6.07) is 0. The van der Waals surface area contributed by atoms with E-state index in [1.54, 1.807) is 14.1 Å². The van der Waals surface area contributed by atoms with Crippen LogP contribution in [0.25, 0.3) is 0 Å². The van der Waals surface area contributed by atoms with Crippen LogP contribution in [-0.2, 0) is 14.3 Å². The average Bonchev–Trinajstić information content (AvgIpc) is 2.64. The molecular weight excluding hydrogens is 134 g/mol. The molecule has 4 heteroatoms. The maximum atomic E-state index is 10.9. The summed E-state index contributed by atoms with van der Waals surface area (Å²) in [6.07, 6.45) is -0.353. The lowest BCUT2D eigenvalue weighted by atomic mass is 10.3. The Morgan fingerprint density at radius 1 is 1.60 bits per heavy atom. The smallest absolute Gasteiger partial charge is 0.254 e. The fourth-order valence-corrected chi connectivity index (χ4v) is 0.681. The molecule has 0 N–H and O–H groups in total. The number of likely N-dealkylation sites (N-methyl/N-ethyl adjacent to an activating group) is 1. The number of rotatable bonds is 2. The van der Waals surface area contributed by atoms with Gasteiger partial charge in [-0.2, -0.15) is 0 Å². The van der Waals surface area contributed by atoms with Gasteiger partial charge in [0.2, 0.25) is 0 Å². The Morgan fingerprint density at radius 2 is 2.20 bits per heavy atom. The SMILES string of the molecule is CN(C)C(=O)[C@@H]1O[C@H]1C=O. The number of amides is 1. The van der Waals surface area contributed by atoms with Crippen LogP contribution in [-0.4, -0.2) is 43.4 Å². The molecule has 0 bridgehead atoms. The Morgan fingerprint density at radius 3 is 2.50 bits per heavy atom. The summed E-state index contributed by atoms with van der Waals surface area (Å²) in [4.78, 5) is 22.3. The molecule has 56 valence electrons. The Labute approximate surface area is 58.8 Å². The Hall–Kier alpha value is -0.900. The third kappa shape index (κ3) is 1.16. The normalized spacial score (nSPS) is 29.4. The Kier molecular flexibility index (Phi) is 1.72. The third-order valence-electron chi connectivity index (χ3n) is 1.34. The molecule has 1 amide bonds. The molecule has 10 heavy (non-hydrogen) atoms. The molecular formula is C6H9NO3. The summed E-state index contributed by atoms with van der Waals surface area (Å²) in [5, 5.41) is 0. The predicted octanol–water partition coefficient (Wildman–Crippen LogP) is -0.959. The molecule has 1 rings (SSSR count). The summed E-state index contributed by atoms with van der Waals surface area (Å²) in [7, 11) is 3.26. The van der Waals surface area contributed by atoms with E-state index in [4.69, 9.17) is 4.74 Å². The molecule has 1 saturated heterocycles. The van der Waals surface area contributed by atoms with Gasteiger partial charge in [0.05, 0.1) is 0 Å². The van der Waals surface area contributed by atoms with Crippen molar-refractivity contribution in [2.75, 3.05) is 14.1 Å². The Balaban J connectivity index is 2.39. The first-order valence-corrected chi connectivity index (χ1v) is 2.98. The summed E-state index contributed by atoms with van der Waals surface area (Å²) < 4.78 is 4.73. The number of hydrogen-bond acceptors (Lipinski definition) is 3. The molecule has 0 aromatic rings. The van der Waals surface area contributed by atoms with Gasteiger partial charge in [0, 0.05) is 14.1 Å². The first-order chi connectivity index (χ1) is 4.66. The van der Waals surface area contributed by atoms with E-state index in [-0.39, 0.29) is 5.91 Å². The van der Waals surface area contributed by atoms with E-state index in [1.165, 1.54) is 4.90 Å². The number of hydrogen-bond donors (Lipinski definition) is 0. The minimum Gasteiger partial charge on any atom is -0.351 e. The Bertz CT molecular complexity index is 166. The highest BCUT2D eigenvalue weighted by Crippen LogP contribution is 2.20. The fourth-order valence-electron chi connectivity index (χ4n) is 0.681. The standard InChI is InChI=1S/C6H9NO3/c1-7(2)6(9)5-4(3-8)10-5/h3-5H,1-2H3/t4-,5+/m0/s1. The zero-order valence-electron chi connectivity index (χ0n) is 5.90. The van der Waals surface area contributed by atoms with Crippen molar-refractivity contribution in [2.24, 2.45) is 0 Å². The number of epoxide rings is 1. The molecule has 1 aliphatic heterocycles. The molecule has 2 atom stereocenters. The van der Waals surface area contributed by atoms with Crippen LogP contribution in [0.1, 0.15) is 0 Å². The van der Waals surface area contributed by atoms with Crippen LogP contribution < -0.4 is 0 Å². The van der Waals surface area contributed by atoms with Gasteiger partial charge in [0.1, 0.15) is 6.10 Å². The number of nitrogens with zero attached hydrogens (tertiary/aromatic N) is 1. The molecule has 1 fully saturated rings. The minimum atomic E-state index is -0.507. The lowest BCUT2D eigenvalue weighted by Crippen LogP contribution is -2.27. The van der Waals surface area contributed by atoms with Gasteiger partial charge in [-0.1, -0.05) is 0 Å². The van der Waals surface area contributed by atoms with Crippen molar-refractivity contribution < 1.29 is 14.3 Å². The first-order valence-electron chi connectivity index (χ1n) is 2.98. The van der Waals surface area contributed by atoms with E-state index >= 15 is 0 Å². The van der Waals surface area contributed by atoms with Crippen molar-refractivity contribution >= 4 is 12.2 Å². The zero-order chi connectivity index (χ0) is 7.72. The van der Waals surface area contributed by atoms with E-state index < -0.39 is 12.2 Å². The van der Waals surface area contributed by atoms with Crippen LogP contribution in [0.2, 0.25) is 0 Å².